The van der Waals surface area contributed by atoms with E-state index in [2.05, 4.69) is 15.4 Å². The summed E-state index contributed by atoms with van der Waals surface area (Å²) >= 11 is 0. The van der Waals surface area contributed by atoms with Crippen LogP contribution in [0.1, 0.15) is 34.6 Å². The second-order valence-electron chi connectivity index (χ2n) is 6.35. The molecule has 0 aliphatic heterocycles. The van der Waals surface area contributed by atoms with Gasteiger partial charge in [0.2, 0.25) is 0 Å². The van der Waals surface area contributed by atoms with E-state index in [1.807, 2.05) is 45.2 Å². The van der Waals surface area contributed by atoms with Gasteiger partial charge >= 0.3 is 0 Å². The van der Waals surface area contributed by atoms with Gasteiger partial charge in [-0.3, -0.25) is 14.3 Å². The Labute approximate surface area is 157 Å². The third-order valence-corrected chi connectivity index (χ3v) is 4.62. The Morgan fingerprint density at radius 3 is 2.70 bits per heavy atom. The van der Waals surface area contributed by atoms with Gasteiger partial charge in [0.15, 0.2) is 0 Å². The summed E-state index contributed by atoms with van der Waals surface area (Å²) in [4.78, 5) is 27.7. The van der Waals surface area contributed by atoms with Crippen LogP contribution in [0.4, 0.5) is 0 Å². The molecule has 1 aromatic carbocycles. The van der Waals surface area contributed by atoms with E-state index in [1.54, 1.807) is 24.1 Å². The summed E-state index contributed by atoms with van der Waals surface area (Å²) in [6.45, 7) is 3.79. The molecule has 0 radical (unpaired) electrons. The number of rotatable bonds is 5. The van der Waals surface area contributed by atoms with Crippen molar-refractivity contribution in [2.75, 3.05) is 7.11 Å². The molecule has 0 saturated carbocycles. The van der Waals surface area contributed by atoms with E-state index in [1.165, 1.54) is 6.07 Å². The SMILES string of the molecule is COc1cccc(-c2ccc(C(=O)N[C@@H](C)c3cnn(C)c3C)c(=O)[nH]2)c1. The number of carbonyl (C=O) groups excluding carboxylic acids is 1. The first-order chi connectivity index (χ1) is 12.9. The number of carbonyl (C=O) groups is 1. The van der Waals surface area contributed by atoms with E-state index in [-0.39, 0.29) is 11.6 Å². The van der Waals surface area contributed by atoms with Gasteiger partial charge in [-0.15, -0.1) is 0 Å². The summed E-state index contributed by atoms with van der Waals surface area (Å²) < 4.78 is 6.95. The van der Waals surface area contributed by atoms with Crippen LogP contribution in [0.5, 0.6) is 5.75 Å². The molecule has 140 valence electrons. The number of nitrogens with zero attached hydrogens (tertiary/aromatic N) is 2. The number of aromatic amines is 1. The van der Waals surface area contributed by atoms with Gasteiger partial charge in [0.1, 0.15) is 11.3 Å². The Kier molecular flexibility index (Phi) is 5.12. The molecule has 27 heavy (non-hydrogen) atoms. The van der Waals surface area contributed by atoms with Crippen LogP contribution in [-0.4, -0.2) is 27.8 Å². The van der Waals surface area contributed by atoms with Crippen LogP contribution in [0, 0.1) is 6.92 Å². The van der Waals surface area contributed by atoms with Gasteiger partial charge in [-0.2, -0.15) is 5.10 Å². The molecule has 0 unspecified atom stereocenters. The van der Waals surface area contributed by atoms with E-state index in [0.717, 1.165) is 16.8 Å². The van der Waals surface area contributed by atoms with E-state index in [4.69, 9.17) is 4.74 Å². The normalized spacial score (nSPS) is 11.9. The van der Waals surface area contributed by atoms with Gasteiger partial charge in [0.25, 0.3) is 11.5 Å². The zero-order chi connectivity index (χ0) is 19.6. The Morgan fingerprint density at radius 2 is 2.07 bits per heavy atom. The average molecular weight is 366 g/mol. The number of hydrogen-bond acceptors (Lipinski definition) is 4. The molecule has 0 aliphatic rings. The number of methoxy groups -OCH3 is 1. The number of aromatic nitrogens is 3. The van der Waals surface area contributed by atoms with Crippen molar-refractivity contribution >= 4 is 5.91 Å². The van der Waals surface area contributed by atoms with Crippen LogP contribution in [-0.2, 0) is 7.05 Å². The van der Waals surface area contributed by atoms with Crippen LogP contribution in [0.15, 0.2) is 47.4 Å². The Bertz CT molecular complexity index is 1040. The summed E-state index contributed by atoms with van der Waals surface area (Å²) in [6, 6.07) is 10.3. The predicted molar refractivity (Wildman–Crippen MR) is 103 cm³/mol. The van der Waals surface area contributed by atoms with Crippen LogP contribution in [0.25, 0.3) is 11.3 Å². The average Bonchev–Trinajstić information content (AvgIpc) is 3.00. The van der Waals surface area contributed by atoms with E-state index >= 15 is 0 Å². The standard InChI is InChI=1S/C20H22N4O3/c1-12(17-11-21-24(3)13(17)2)22-19(25)16-8-9-18(23-20(16)26)14-6-5-7-15(10-14)27-4/h5-12H,1-4H3,(H,22,25)(H,23,26)/t12-/m0/s1. The zero-order valence-electron chi connectivity index (χ0n) is 15.7. The van der Waals surface area contributed by atoms with Crippen molar-refractivity contribution in [2.45, 2.75) is 19.9 Å². The van der Waals surface area contributed by atoms with Gasteiger partial charge in [0, 0.05) is 29.6 Å². The van der Waals surface area contributed by atoms with Crippen molar-refractivity contribution in [2.24, 2.45) is 7.05 Å². The lowest BCUT2D eigenvalue weighted by atomic mass is 10.1. The largest absolute Gasteiger partial charge is 0.497 e. The lowest BCUT2D eigenvalue weighted by Crippen LogP contribution is -2.31. The van der Waals surface area contributed by atoms with Crippen molar-refractivity contribution in [3.63, 3.8) is 0 Å². The maximum Gasteiger partial charge on any atom is 0.261 e. The van der Waals surface area contributed by atoms with Crippen molar-refractivity contribution in [1.29, 1.82) is 0 Å². The number of H-pyrrole nitrogens is 1. The van der Waals surface area contributed by atoms with Crippen molar-refractivity contribution in [1.82, 2.24) is 20.1 Å². The first-order valence-electron chi connectivity index (χ1n) is 8.58. The summed E-state index contributed by atoms with van der Waals surface area (Å²) in [5.74, 6) is 0.264. The number of hydrogen-bond donors (Lipinski definition) is 2. The molecule has 0 aliphatic carbocycles. The number of aryl methyl sites for hydroxylation is 1. The summed E-state index contributed by atoms with van der Waals surface area (Å²) in [5, 5.41) is 7.03. The highest BCUT2D eigenvalue weighted by Gasteiger charge is 2.18. The van der Waals surface area contributed by atoms with E-state index in [9.17, 15) is 9.59 Å². The fourth-order valence-corrected chi connectivity index (χ4v) is 2.90. The highest BCUT2D eigenvalue weighted by Crippen LogP contribution is 2.21. The molecule has 0 saturated heterocycles. The highest BCUT2D eigenvalue weighted by molar-refractivity contribution is 5.94. The topological polar surface area (TPSA) is 89.0 Å². The molecular formula is C20H22N4O3. The first kappa shape index (κ1) is 18.4. The first-order valence-corrected chi connectivity index (χ1v) is 8.58. The lowest BCUT2D eigenvalue weighted by Gasteiger charge is -2.13. The monoisotopic (exact) mass is 366 g/mol. The Hall–Kier alpha value is -3.35. The number of benzene rings is 1. The molecule has 1 atom stereocenters. The second kappa shape index (κ2) is 7.49. The maximum absolute atomic E-state index is 12.5. The second-order valence-corrected chi connectivity index (χ2v) is 6.35. The Morgan fingerprint density at radius 1 is 1.30 bits per heavy atom. The van der Waals surface area contributed by atoms with Crippen molar-refractivity contribution in [3.05, 3.63) is 69.8 Å². The van der Waals surface area contributed by atoms with Crippen LogP contribution in [0.3, 0.4) is 0 Å². The van der Waals surface area contributed by atoms with Crippen LogP contribution < -0.4 is 15.6 Å². The molecule has 2 heterocycles. The lowest BCUT2D eigenvalue weighted by molar-refractivity contribution is 0.0938. The number of amides is 1. The molecule has 3 rings (SSSR count). The molecule has 2 N–H and O–H groups in total. The predicted octanol–water partition coefficient (Wildman–Crippen LogP) is 2.58. The molecule has 0 bridgehead atoms. The zero-order valence-corrected chi connectivity index (χ0v) is 15.7. The molecule has 2 aromatic heterocycles. The number of nitrogens with one attached hydrogen (secondary N) is 2. The van der Waals surface area contributed by atoms with Crippen LogP contribution in [0.2, 0.25) is 0 Å². The minimum absolute atomic E-state index is 0.0649. The molecule has 7 nitrogen and oxygen atoms in total. The smallest absolute Gasteiger partial charge is 0.261 e. The number of pyridine rings is 1. The van der Waals surface area contributed by atoms with Gasteiger partial charge in [-0.05, 0) is 38.1 Å². The Balaban J connectivity index is 1.82. The van der Waals surface area contributed by atoms with Gasteiger partial charge in [-0.1, -0.05) is 12.1 Å². The number of ether oxygens (including phenoxy) is 1. The summed E-state index contributed by atoms with van der Waals surface area (Å²) in [6.07, 6.45) is 1.72. The quantitative estimate of drug-likeness (QED) is 0.726. The molecule has 7 heteroatoms. The van der Waals surface area contributed by atoms with Crippen molar-refractivity contribution < 1.29 is 9.53 Å². The third kappa shape index (κ3) is 3.76. The third-order valence-electron chi connectivity index (χ3n) is 4.62. The minimum Gasteiger partial charge on any atom is -0.497 e. The highest BCUT2D eigenvalue weighted by atomic mass is 16.5. The maximum atomic E-state index is 12.5. The molecule has 0 fully saturated rings. The summed E-state index contributed by atoms with van der Waals surface area (Å²) in [5.41, 5.74) is 2.92. The molecule has 1 amide bonds. The summed E-state index contributed by atoms with van der Waals surface area (Å²) in [7, 11) is 3.43. The van der Waals surface area contributed by atoms with Gasteiger partial charge in [-0.25, -0.2) is 0 Å². The van der Waals surface area contributed by atoms with Crippen molar-refractivity contribution in [3.8, 4) is 17.0 Å². The molecule has 0 spiro atoms. The van der Waals surface area contributed by atoms with E-state index < -0.39 is 11.5 Å². The fourth-order valence-electron chi connectivity index (χ4n) is 2.90. The molecular weight excluding hydrogens is 344 g/mol. The van der Waals surface area contributed by atoms with Crippen LogP contribution >= 0.6 is 0 Å². The van der Waals surface area contributed by atoms with Gasteiger partial charge < -0.3 is 15.0 Å². The van der Waals surface area contributed by atoms with Gasteiger partial charge in [0.05, 0.1) is 19.3 Å². The van der Waals surface area contributed by atoms with E-state index in [0.29, 0.717) is 11.4 Å². The minimum atomic E-state index is -0.442. The molecule has 3 aromatic rings. The fraction of sp³-hybridized carbons (Fsp3) is 0.250.